The van der Waals surface area contributed by atoms with Crippen LogP contribution in [0.2, 0.25) is 0 Å². The Balaban J connectivity index is 1.84. The van der Waals surface area contributed by atoms with Crippen LogP contribution in [-0.2, 0) is 0 Å². The van der Waals surface area contributed by atoms with Gasteiger partial charge in [0, 0.05) is 11.8 Å². The number of carboxylic acids is 1. The van der Waals surface area contributed by atoms with Crippen LogP contribution in [0.4, 0.5) is 0 Å². The monoisotopic (exact) mass is 283 g/mol. The number of tetrazole rings is 1. The number of H-pyrrole nitrogens is 1. The Labute approximate surface area is 118 Å². The van der Waals surface area contributed by atoms with Crippen molar-refractivity contribution in [1.82, 2.24) is 25.6 Å². The lowest BCUT2D eigenvalue weighted by Gasteiger charge is -2.07. The number of pyridine rings is 1. The summed E-state index contributed by atoms with van der Waals surface area (Å²) >= 11 is 0. The van der Waals surface area contributed by atoms with Crippen molar-refractivity contribution < 1.29 is 14.6 Å². The molecule has 0 aliphatic rings. The number of carboxylic acid groups (broad SMARTS) is 1. The zero-order valence-corrected chi connectivity index (χ0v) is 10.6. The highest BCUT2D eigenvalue weighted by molar-refractivity contribution is 5.90. The Morgan fingerprint density at radius 2 is 2.00 bits per heavy atom. The van der Waals surface area contributed by atoms with E-state index < -0.39 is 5.97 Å². The lowest BCUT2D eigenvalue weighted by molar-refractivity contribution is 0.0693. The van der Waals surface area contributed by atoms with Gasteiger partial charge in [0.25, 0.3) is 0 Å². The molecule has 0 radical (unpaired) electrons. The molecular weight excluding hydrogens is 274 g/mol. The number of aromatic nitrogens is 5. The molecule has 8 heteroatoms. The number of carbonyl (C=O) groups is 1. The highest BCUT2D eigenvalue weighted by atomic mass is 16.5. The van der Waals surface area contributed by atoms with Gasteiger partial charge in [-0.3, -0.25) is 0 Å². The lowest BCUT2D eigenvalue weighted by atomic mass is 10.2. The summed E-state index contributed by atoms with van der Waals surface area (Å²) in [6, 6.07) is 9.79. The summed E-state index contributed by atoms with van der Waals surface area (Å²) in [5.74, 6) is -0.132. The van der Waals surface area contributed by atoms with E-state index >= 15 is 0 Å². The number of ether oxygens (including phenoxy) is 1. The molecule has 0 atom stereocenters. The first kappa shape index (κ1) is 12.7. The molecule has 21 heavy (non-hydrogen) atoms. The summed E-state index contributed by atoms with van der Waals surface area (Å²) in [7, 11) is 0. The molecule has 0 aliphatic carbocycles. The summed E-state index contributed by atoms with van der Waals surface area (Å²) in [6.07, 6.45) is 1.47. The van der Waals surface area contributed by atoms with Gasteiger partial charge in [-0.2, -0.15) is 5.21 Å². The van der Waals surface area contributed by atoms with Crippen LogP contribution < -0.4 is 4.74 Å². The first-order valence-corrected chi connectivity index (χ1v) is 5.94. The fourth-order valence-electron chi connectivity index (χ4n) is 1.70. The van der Waals surface area contributed by atoms with Crippen molar-refractivity contribution in [3.63, 3.8) is 0 Å². The van der Waals surface area contributed by atoms with Crippen molar-refractivity contribution in [2.24, 2.45) is 0 Å². The van der Waals surface area contributed by atoms with Crippen molar-refractivity contribution in [2.45, 2.75) is 0 Å². The van der Waals surface area contributed by atoms with Gasteiger partial charge in [-0.05, 0) is 41.6 Å². The molecule has 2 aromatic heterocycles. The summed E-state index contributed by atoms with van der Waals surface area (Å²) < 4.78 is 5.49. The van der Waals surface area contributed by atoms with E-state index in [9.17, 15) is 4.79 Å². The van der Waals surface area contributed by atoms with E-state index in [1.54, 1.807) is 24.3 Å². The van der Waals surface area contributed by atoms with Gasteiger partial charge in [-0.1, -0.05) is 0 Å². The van der Waals surface area contributed by atoms with Crippen LogP contribution in [0, 0.1) is 0 Å². The molecule has 0 spiro atoms. The van der Waals surface area contributed by atoms with Crippen LogP contribution in [0.5, 0.6) is 11.6 Å². The molecule has 3 rings (SSSR count). The van der Waals surface area contributed by atoms with Gasteiger partial charge < -0.3 is 9.84 Å². The molecule has 0 unspecified atom stereocenters. The van der Waals surface area contributed by atoms with Gasteiger partial charge in [0.2, 0.25) is 11.7 Å². The van der Waals surface area contributed by atoms with Gasteiger partial charge in [0.05, 0.1) is 0 Å². The lowest BCUT2D eigenvalue weighted by Crippen LogP contribution is -2.01. The largest absolute Gasteiger partial charge is 0.477 e. The highest BCUT2D eigenvalue weighted by Crippen LogP contribution is 2.25. The predicted molar refractivity (Wildman–Crippen MR) is 70.9 cm³/mol. The first-order chi connectivity index (χ1) is 10.2. The Kier molecular flexibility index (Phi) is 3.26. The minimum atomic E-state index is -1.10. The minimum Gasteiger partial charge on any atom is -0.477 e. The third-order valence-corrected chi connectivity index (χ3v) is 2.67. The zero-order chi connectivity index (χ0) is 14.7. The second-order valence-electron chi connectivity index (χ2n) is 4.02. The van der Waals surface area contributed by atoms with Crippen LogP contribution in [0.25, 0.3) is 11.4 Å². The maximum atomic E-state index is 11.1. The molecule has 0 saturated heterocycles. The van der Waals surface area contributed by atoms with E-state index in [2.05, 4.69) is 25.6 Å². The standard InChI is InChI=1S/C13H9N5O3/c19-13(20)10-2-1-7-14-12(10)21-9-5-3-8(4-6-9)11-15-17-18-16-11/h1-7H,(H,19,20)(H,15,16,17,18). The van der Waals surface area contributed by atoms with Crippen molar-refractivity contribution >= 4 is 5.97 Å². The normalized spacial score (nSPS) is 10.3. The van der Waals surface area contributed by atoms with Crippen molar-refractivity contribution in [3.05, 3.63) is 48.2 Å². The number of nitrogens with zero attached hydrogens (tertiary/aromatic N) is 4. The van der Waals surface area contributed by atoms with Gasteiger partial charge in [0.1, 0.15) is 11.3 Å². The van der Waals surface area contributed by atoms with E-state index in [0.29, 0.717) is 11.6 Å². The van der Waals surface area contributed by atoms with Crippen LogP contribution in [0.1, 0.15) is 10.4 Å². The fourth-order valence-corrected chi connectivity index (χ4v) is 1.70. The summed E-state index contributed by atoms with van der Waals surface area (Å²) in [6.45, 7) is 0. The van der Waals surface area contributed by atoms with E-state index in [1.165, 1.54) is 18.3 Å². The van der Waals surface area contributed by atoms with Crippen molar-refractivity contribution in [2.75, 3.05) is 0 Å². The molecule has 0 aliphatic heterocycles. The molecule has 3 aromatic rings. The van der Waals surface area contributed by atoms with Gasteiger partial charge >= 0.3 is 5.97 Å². The Bertz CT molecular complexity index is 756. The molecule has 0 fully saturated rings. The quantitative estimate of drug-likeness (QED) is 0.749. The predicted octanol–water partition coefficient (Wildman–Crippen LogP) is 1.75. The van der Waals surface area contributed by atoms with Crippen LogP contribution >= 0.6 is 0 Å². The number of nitrogens with one attached hydrogen (secondary N) is 1. The van der Waals surface area contributed by atoms with Gasteiger partial charge in [0.15, 0.2) is 0 Å². The number of rotatable bonds is 4. The van der Waals surface area contributed by atoms with E-state index in [0.717, 1.165) is 5.56 Å². The molecule has 1 aromatic carbocycles. The molecule has 2 N–H and O–H groups in total. The average Bonchev–Trinajstić information content (AvgIpc) is 3.03. The summed E-state index contributed by atoms with van der Waals surface area (Å²) in [5, 5.41) is 22.6. The smallest absolute Gasteiger partial charge is 0.341 e. The molecule has 2 heterocycles. The zero-order valence-electron chi connectivity index (χ0n) is 10.6. The van der Waals surface area contributed by atoms with E-state index in [1.807, 2.05) is 0 Å². The maximum absolute atomic E-state index is 11.1. The first-order valence-electron chi connectivity index (χ1n) is 5.94. The van der Waals surface area contributed by atoms with E-state index in [4.69, 9.17) is 9.84 Å². The average molecular weight is 283 g/mol. The fraction of sp³-hybridized carbons (Fsp3) is 0. The number of hydrogen-bond acceptors (Lipinski definition) is 6. The van der Waals surface area contributed by atoms with Crippen LogP contribution in [0.15, 0.2) is 42.6 Å². The van der Waals surface area contributed by atoms with Crippen molar-refractivity contribution in [3.8, 4) is 23.0 Å². The second-order valence-corrected chi connectivity index (χ2v) is 4.02. The third-order valence-electron chi connectivity index (χ3n) is 2.67. The number of aromatic amines is 1. The summed E-state index contributed by atoms with van der Waals surface area (Å²) in [5.41, 5.74) is 0.760. The van der Waals surface area contributed by atoms with Gasteiger partial charge in [-0.15, -0.1) is 10.2 Å². The molecule has 0 saturated carbocycles. The molecule has 8 nitrogen and oxygen atoms in total. The maximum Gasteiger partial charge on any atom is 0.341 e. The number of hydrogen-bond donors (Lipinski definition) is 2. The Morgan fingerprint density at radius 3 is 2.67 bits per heavy atom. The summed E-state index contributed by atoms with van der Waals surface area (Å²) in [4.78, 5) is 15.0. The molecule has 0 bridgehead atoms. The van der Waals surface area contributed by atoms with Crippen LogP contribution in [-0.4, -0.2) is 36.7 Å². The van der Waals surface area contributed by atoms with Crippen molar-refractivity contribution in [1.29, 1.82) is 0 Å². The van der Waals surface area contributed by atoms with E-state index in [-0.39, 0.29) is 11.4 Å². The Morgan fingerprint density at radius 1 is 1.19 bits per heavy atom. The topological polar surface area (TPSA) is 114 Å². The molecule has 104 valence electrons. The van der Waals surface area contributed by atoms with Gasteiger partial charge in [-0.25, -0.2) is 9.78 Å². The highest BCUT2D eigenvalue weighted by Gasteiger charge is 2.12. The molecule has 0 amide bonds. The number of benzene rings is 1. The second kappa shape index (κ2) is 5.37. The SMILES string of the molecule is O=C(O)c1cccnc1Oc1ccc(-c2nn[nH]n2)cc1. The minimum absolute atomic E-state index is 0.000237. The third kappa shape index (κ3) is 2.68. The molecular formula is C13H9N5O3. The van der Waals surface area contributed by atoms with Crippen LogP contribution in [0.3, 0.4) is 0 Å². The Hall–Kier alpha value is -3.29. The number of aromatic carboxylic acids is 1.